The predicted octanol–water partition coefficient (Wildman–Crippen LogP) is 3.69. The van der Waals surface area contributed by atoms with Crippen molar-refractivity contribution in [1.82, 2.24) is 15.1 Å². The second kappa shape index (κ2) is 7.18. The minimum atomic E-state index is 0.334. The molecule has 1 fully saturated rings. The molecule has 4 nitrogen and oxygen atoms in total. The van der Waals surface area contributed by atoms with Gasteiger partial charge in [0.1, 0.15) is 5.75 Å². The van der Waals surface area contributed by atoms with Crippen molar-refractivity contribution >= 4 is 0 Å². The Morgan fingerprint density at radius 1 is 1.30 bits per heavy atom. The largest absolute Gasteiger partial charge is 0.508 e. The first-order valence-electron chi connectivity index (χ1n) is 8.64. The summed E-state index contributed by atoms with van der Waals surface area (Å²) in [4.78, 5) is 2.51. The fourth-order valence-corrected chi connectivity index (χ4v) is 3.57. The van der Waals surface area contributed by atoms with Gasteiger partial charge in [-0.05, 0) is 55.0 Å². The van der Waals surface area contributed by atoms with Crippen molar-refractivity contribution in [3.8, 4) is 5.75 Å². The van der Waals surface area contributed by atoms with E-state index in [0.717, 1.165) is 26.1 Å². The molecule has 0 bridgehead atoms. The number of phenols is 1. The highest BCUT2D eigenvalue weighted by Crippen LogP contribution is 2.29. The molecule has 1 aliphatic heterocycles. The van der Waals surface area contributed by atoms with E-state index in [4.69, 9.17) is 0 Å². The zero-order valence-electron chi connectivity index (χ0n) is 14.1. The molecule has 2 aromatic rings. The quantitative estimate of drug-likeness (QED) is 0.885. The summed E-state index contributed by atoms with van der Waals surface area (Å²) in [5.74, 6) is 1.54. The third kappa shape index (κ3) is 4.14. The summed E-state index contributed by atoms with van der Waals surface area (Å²) in [6, 6.07) is 7.57. The van der Waals surface area contributed by atoms with Crippen molar-refractivity contribution in [2.24, 2.45) is 5.92 Å². The Bertz CT molecular complexity index is 618. The smallest absolute Gasteiger partial charge is 0.115 e. The maximum Gasteiger partial charge on any atom is 0.115 e. The molecule has 124 valence electrons. The number of piperidine rings is 1. The van der Waals surface area contributed by atoms with Gasteiger partial charge in [-0.1, -0.05) is 26.0 Å². The summed E-state index contributed by atoms with van der Waals surface area (Å²) >= 11 is 0. The summed E-state index contributed by atoms with van der Waals surface area (Å²) < 4.78 is 0. The number of nitrogens with one attached hydrogen (secondary N) is 1. The van der Waals surface area contributed by atoms with Gasteiger partial charge in [0, 0.05) is 24.7 Å². The van der Waals surface area contributed by atoms with Crippen molar-refractivity contribution in [2.75, 3.05) is 13.1 Å². The Kier molecular flexibility index (Phi) is 5.01. The SMILES string of the molecule is CC(C)Cc1cn[nH]c1[C@@H]1CCCN(Cc2ccc(O)cc2)C1. The first kappa shape index (κ1) is 16.1. The third-order valence-corrected chi connectivity index (χ3v) is 4.64. The molecule has 1 aliphatic rings. The van der Waals surface area contributed by atoms with Gasteiger partial charge >= 0.3 is 0 Å². The lowest BCUT2D eigenvalue weighted by molar-refractivity contribution is 0.198. The second-order valence-electron chi connectivity index (χ2n) is 7.15. The van der Waals surface area contributed by atoms with Crippen LogP contribution in [0.1, 0.15) is 49.4 Å². The lowest BCUT2D eigenvalue weighted by Gasteiger charge is -2.32. The molecule has 3 rings (SSSR count). The number of hydrogen-bond donors (Lipinski definition) is 2. The van der Waals surface area contributed by atoms with Gasteiger partial charge in [-0.3, -0.25) is 10.00 Å². The van der Waals surface area contributed by atoms with Crippen LogP contribution in [0.4, 0.5) is 0 Å². The lowest BCUT2D eigenvalue weighted by Crippen LogP contribution is -2.34. The molecular formula is C19H27N3O. The zero-order chi connectivity index (χ0) is 16.2. The molecule has 2 heterocycles. The van der Waals surface area contributed by atoms with E-state index in [1.807, 2.05) is 18.3 Å². The molecule has 1 aromatic heterocycles. The molecule has 1 atom stereocenters. The number of phenolic OH excluding ortho intramolecular Hbond substituents is 1. The van der Waals surface area contributed by atoms with Crippen LogP contribution in [0.15, 0.2) is 30.5 Å². The zero-order valence-corrected chi connectivity index (χ0v) is 14.1. The number of hydrogen-bond acceptors (Lipinski definition) is 3. The van der Waals surface area contributed by atoms with E-state index >= 15 is 0 Å². The molecule has 0 spiro atoms. The molecule has 23 heavy (non-hydrogen) atoms. The predicted molar refractivity (Wildman–Crippen MR) is 92.5 cm³/mol. The number of aromatic amines is 1. The highest BCUT2D eigenvalue weighted by atomic mass is 16.3. The summed E-state index contributed by atoms with van der Waals surface area (Å²) in [5, 5.41) is 17.0. The maximum atomic E-state index is 9.41. The number of H-pyrrole nitrogens is 1. The lowest BCUT2D eigenvalue weighted by atomic mass is 9.90. The summed E-state index contributed by atoms with van der Waals surface area (Å²) in [7, 11) is 0. The van der Waals surface area contributed by atoms with Crippen LogP contribution in [0, 0.1) is 5.92 Å². The Hall–Kier alpha value is -1.81. The van der Waals surface area contributed by atoms with Gasteiger partial charge in [-0.2, -0.15) is 5.10 Å². The number of aromatic hydroxyl groups is 1. The van der Waals surface area contributed by atoms with Crippen LogP contribution in [-0.2, 0) is 13.0 Å². The van der Waals surface area contributed by atoms with Gasteiger partial charge in [0.2, 0.25) is 0 Å². The standard InChI is InChI=1S/C19H27N3O/c1-14(2)10-17-11-20-21-19(17)16-4-3-9-22(13-16)12-15-5-7-18(23)8-6-15/h5-8,11,14,16,23H,3-4,9-10,12-13H2,1-2H3,(H,20,21)/t16-/m1/s1. The minimum absolute atomic E-state index is 0.334. The summed E-state index contributed by atoms with van der Waals surface area (Å²) in [5.41, 5.74) is 3.99. The molecule has 1 aromatic carbocycles. The van der Waals surface area contributed by atoms with Crippen molar-refractivity contribution in [3.05, 3.63) is 47.3 Å². The van der Waals surface area contributed by atoms with Crippen LogP contribution in [0.25, 0.3) is 0 Å². The van der Waals surface area contributed by atoms with Crippen molar-refractivity contribution in [3.63, 3.8) is 0 Å². The first-order chi connectivity index (χ1) is 11.1. The molecule has 0 saturated carbocycles. The summed E-state index contributed by atoms with van der Waals surface area (Å²) in [6.07, 6.45) is 5.57. The van der Waals surface area contributed by atoms with Crippen LogP contribution in [0.5, 0.6) is 5.75 Å². The van der Waals surface area contributed by atoms with E-state index in [2.05, 4.69) is 28.9 Å². The summed E-state index contributed by atoms with van der Waals surface area (Å²) in [6.45, 7) is 7.69. The van der Waals surface area contributed by atoms with Gasteiger partial charge in [0.15, 0.2) is 0 Å². The number of nitrogens with zero attached hydrogens (tertiary/aromatic N) is 2. The second-order valence-corrected chi connectivity index (χ2v) is 7.15. The first-order valence-corrected chi connectivity index (χ1v) is 8.64. The van der Waals surface area contributed by atoms with Crippen LogP contribution in [-0.4, -0.2) is 33.3 Å². The van der Waals surface area contributed by atoms with Crippen LogP contribution in [0.3, 0.4) is 0 Å². The Labute approximate surface area is 138 Å². The molecule has 0 unspecified atom stereocenters. The number of aromatic nitrogens is 2. The fourth-order valence-electron chi connectivity index (χ4n) is 3.57. The Balaban J connectivity index is 1.66. The number of rotatable bonds is 5. The van der Waals surface area contributed by atoms with E-state index in [0.29, 0.717) is 17.6 Å². The van der Waals surface area contributed by atoms with Crippen molar-refractivity contribution in [1.29, 1.82) is 0 Å². The van der Waals surface area contributed by atoms with Crippen molar-refractivity contribution in [2.45, 2.75) is 45.6 Å². The number of likely N-dealkylation sites (tertiary alicyclic amines) is 1. The molecule has 0 amide bonds. The van der Waals surface area contributed by atoms with Gasteiger partial charge in [0.25, 0.3) is 0 Å². The maximum absolute atomic E-state index is 9.41. The fraction of sp³-hybridized carbons (Fsp3) is 0.526. The van der Waals surface area contributed by atoms with Crippen LogP contribution in [0.2, 0.25) is 0 Å². The van der Waals surface area contributed by atoms with Crippen molar-refractivity contribution < 1.29 is 5.11 Å². The molecule has 2 N–H and O–H groups in total. The average molecular weight is 313 g/mol. The third-order valence-electron chi connectivity index (χ3n) is 4.64. The highest BCUT2D eigenvalue weighted by molar-refractivity contribution is 5.26. The number of benzene rings is 1. The Morgan fingerprint density at radius 2 is 2.09 bits per heavy atom. The topological polar surface area (TPSA) is 52.2 Å². The van der Waals surface area contributed by atoms with Gasteiger partial charge in [0.05, 0.1) is 6.20 Å². The monoisotopic (exact) mass is 313 g/mol. The molecule has 1 saturated heterocycles. The molecule has 0 radical (unpaired) electrons. The average Bonchev–Trinajstić information content (AvgIpc) is 2.97. The Morgan fingerprint density at radius 3 is 2.83 bits per heavy atom. The van der Waals surface area contributed by atoms with Crippen LogP contribution >= 0.6 is 0 Å². The molecule has 0 aliphatic carbocycles. The molecule has 4 heteroatoms. The van der Waals surface area contributed by atoms with Gasteiger partial charge in [-0.25, -0.2) is 0 Å². The van der Waals surface area contributed by atoms with Crippen LogP contribution < -0.4 is 0 Å². The van der Waals surface area contributed by atoms with E-state index < -0.39 is 0 Å². The van der Waals surface area contributed by atoms with Gasteiger partial charge in [-0.15, -0.1) is 0 Å². The van der Waals surface area contributed by atoms with E-state index in [1.54, 1.807) is 12.1 Å². The van der Waals surface area contributed by atoms with E-state index in [1.165, 1.54) is 29.7 Å². The minimum Gasteiger partial charge on any atom is -0.508 e. The molecular weight excluding hydrogens is 286 g/mol. The normalized spacial score (nSPS) is 19.3. The highest BCUT2D eigenvalue weighted by Gasteiger charge is 2.24. The van der Waals surface area contributed by atoms with E-state index in [-0.39, 0.29) is 0 Å². The van der Waals surface area contributed by atoms with E-state index in [9.17, 15) is 5.11 Å². The van der Waals surface area contributed by atoms with Gasteiger partial charge < -0.3 is 5.11 Å².